The number of benzene rings is 1. The van der Waals surface area contributed by atoms with Gasteiger partial charge in [-0.1, -0.05) is 54.6 Å². The summed E-state index contributed by atoms with van der Waals surface area (Å²) in [5.41, 5.74) is -0.193. The monoisotopic (exact) mass is 256 g/mol. The molecule has 0 amide bonds. The molecular formula is C17H20O2. The fourth-order valence-corrected chi connectivity index (χ4v) is 2.21. The predicted octanol–water partition coefficient (Wildman–Crippen LogP) is 3.78. The number of hydrogen-bond acceptors (Lipinski definition) is 2. The second kappa shape index (κ2) is 5.04. The second-order valence-corrected chi connectivity index (χ2v) is 5.83. The Labute approximate surface area is 114 Å². The van der Waals surface area contributed by atoms with Gasteiger partial charge in [-0.15, -0.1) is 0 Å². The minimum Gasteiger partial charge on any atom is -0.459 e. The molecule has 0 saturated heterocycles. The van der Waals surface area contributed by atoms with Crippen molar-refractivity contribution in [1.82, 2.24) is 0 Å². The Morgan fingerprint density at radius 3 is 2.37 bits per heavy atom. The van der Waals surface area contributed by atoms with E-state index in [1.165, 1.54) is 0 Å². The van der Waals surface area contributed by atoms with Crippen molar-refractivity contribution < 1.29 is 9.53 Å². The Morgan fingerprint density at radius 2 is 1.84 bits per heavy atom. The first kappa shape index (κ1) is 13.6. The van der Waals surface area contributed by atoms with Crippen LogP contribution < -0.4 is 0 Å². The molecule has 2 nitrogen and oxygen atoms in total. The Morgan fingerprint density at radius 1 is 1.16 bits per heavy atom. The summed E-state index contributed by atoms with van der Waals surface area (Å²) in [7, 11) is 0. The molecule has 0 aliphatic heterocycles. The second-order valence-electron chi connectivity index (χ2n) is 5.83. The Balaban J connectivity index is 2.39. The van der Waals surface area contributed by atoms with Crippen molar-refractivity contribution in [3.8, 4) is 0 Å². The van der Waals surface area contributed by atoms with E-state index in [9.17, 15) is 4.79 Å². The van der Waals surface area contributed by atoms with Gasteiger partial charge in [0.2, 0.25) is 0 Å². The van der Waals surface area contributed by atoms with Gasteiger partial charge in [-0.25, -0.2) is 0 Å². The lowest BCUT2D eigenvalue weighted by Gasteiger charge is -2.33. The van der Waals surface area contributed by atoms with Gasteiger partial charge >= 0.3 is 5.97 Å². The fraction of sp³-hybridized carbons (Fsp3) is 0.353. The Bertz CT molecular complexity index is 506. The van der Waals surface area contributed by atoms with Crippen LogP contribution in [0, 0.1) is 0 Å². The molecule has 2 rings (SSSR count). The standard InChI is InChI=1S/C17H20O2/c1-16(2,3)19-15(18)17(12-8-5-9-13-17)14-10-6-4-7-11-14/h4-12H,13H2,1-3H3. The maximum atomic E-state index is 12.6. The van der Waals surface area contributed by atoms with Gasteiger partial charge in [0.05, 0.1) is 0 Å². The minimum absolute atomic E-state index is 0.188. The number of hydrogen-bond donors (Lipinski definition) is 0. The highest BCUT2D eigenvalue weighted by atomic mass is 16.6. The van der Waals surface area contributed by atoms with Crippen LogP contribution in [0.25, 0.3) is 0 Å². The van der Waals surface area contributed by atoms with Gasteiger partial charge < -0.3 is 4.74 Å². The Hall–Kier alpha value is -1.83. The van der Waals surface area contributed by atoms with E-state index in [1.54, 1.807) is 0 Å². The summed E-state index contributed by atoms with van der Waals surface area (Å²) in [4.78, 5) is 12.6. The molecule has 0 fully saturated rings. The van der Waals surface area contributed by atoms with Crippen molar-refractivity contribution in [2.75, 3.05) is 0 Å². The summed E-state index contributed by atoms with van der Waals surface area (Å²) in [6.07, 6.45) is 8.47. The van der Waals surface area contributed by atoms with Crippen molar-refractivity contribution >= 4 is 5.97 Å². The molecule has 19 heavy (non-hydrogen) atoms. The third-order valence-electron chi connectivity index (χ3n) is 3.12. The zero-order valence-electron chi connectivity index (χ0n) is 11.7. The molecule has 0 saturated carbocycles. The predicted molar refractivity (Wildman–Crippen MR) is 76.9 cm³/mol. The van der Waals surface area contributed by atoms with Crippen molar-refractivity contribution in [2.24, 2.45) is 0 Å². The van der Waals surface area contributed by atoms with Crippen LogP contribution in [0.3, 0.4) is 0 Å². The molecule has 0 spiro atoms. The normalized spacial score (nSPS) is 22.3. The van der Waals surface area contributed by atoms with Crippen LogP contribution in [0.1, 0.15) is 32.8 Å². The molecule has 1 aromatic carbocycles. The largest absolute Gasteiger partial charge is 0.459 e. The molecule has 1 aromatic rings. The number of esters is 1. The highest BCUT2D eigenvalue weighted by Crippen LogP contribution is 2.35. The molecule has 2 heteroatoms. The first-order chi connectivity index (χ1) is 8.94. The van der Waals surface area contributed by atoms with E-state index >= 15 is 0 Å². The SMILES string of the molecule is CC(C)(C)OC(=O)C1(c2ccccc2)C=CC=CC1. The molecule has 1 aliphatic carbocycles. The molecule has 0 bridgehead atoms. The number of ether oxygens (including phenoxy) is 1. The molecule has 0 radical (unpaired) electrons. The molecule has 0 aromatic heterocycles. The van der Waals surface area contributed by atoms with E-state index in [0.29, 0.717) is 6.42 Å². The van der Waals surface area contributed by atoms with Gasteiger partial charge in [0.25, 0.3) is 0 Å². The van der Waals surface area contributed by atoms with Gasteiger partial charge in [-0.05, 0) is 32.8 Å². The maximum absolute atomic E-state index is 12.6. The molecule has 1 unspecified atom stereocenters. The Kier molecular flexibility index (Phi) is 3.61. The average molecular weight is 256 g/mol. The quantitative estimate of drug-likeness (QED) is 0.753. The van der Waals surface area contributed by atoms with E-state index in [-0.39, 0.29) is 5.97 Å². The molecule has 0 heterocycles. The van der Waals surface area contributed by atoms with E-state index in [0.717, 1.165) is 5.56 Å². The van der Waals surface area contributed by atoms with Gasteiger partial charge in [-0.3, -0.25) is 4.79 Å². The average Bonchev–Trinajstić information content (AvgIpc) is 2.38. The van der Waals surface area contributed by atoms with E-state index in [2.05, 4.69) is 0 Å². The summed E-state index contributed by atoms with van der Waals surface area (Å²) in [6, 6.07) is 9.82. The topological polar surface area (TPSA) is 26.3 Å². The van der Waals surface area contributed by atoms with Crippen LogP contribution in [0.15, 0.2) is 54.6 Å². The minimum atomic E-state index is -0.691. The summed E-state index contributed by atoms with van der Waals surface area (Å²) < 4.78 is 5.61. The summed E-state index contributed by atoms with van der Waals surface area (Å²) >= 11 is 0. The third kappa shape index (κ3) is 2.95. The van der Waals surface area contributed by atoms with Gasteiger partial charge in [0.15, 0.2) is 0 Å². The van der Waals surface area contributed by atoms with Crippen LogP contribution in [-0.2, 0) is 14.9 Å². The highest BCUT2D eigenvalue weighted by Gasteiger charge is 2.40. The molecule has 100 valence electrons. The van der Waals surface area contributed by atoms with Crippen LogP contribution >= 0.6 is 0 Å². The van der Waals surface area contributed by atoms with Crippen LogP contribution in [0.5, 0.6) is 0 Å². The highest BCUT2D eigenvalue weighted by molar-refractivity contribution is 5.87. The van der Waals surface area contributed by atoms with Gasteiger partial charge in [0, 0.05) is 0 Å². The van der Waals surface area contributed by atoms with Crippen LogP contribution in [-0.4, -0.2) is 11.6 Å². The number of allylic oxidation sites excluding steroid dienone is 3. The maximum Gasteiger partial charge on any atom is 0.321 e. The summed E-state index contributed by atoms with van der Waals surface area (Å²) in [6.45, 7) is 5.68. The van der Waals surface area contributed by atoms with E-state index in [1.807, 2.05) is 75.4 Å². The number of rotatable bonds is 2. The summed E-state index contributed by atoms with van der Waals surface area (Å²) in [5.74, 6) is -0.188. The first-order valence-electron chi connectivity index (χ1n) is 6.57. The van der Waals surface area contributed by atoms with Crippen molar-refractivity contribution in [3.05, 3.63) is 60.2 Å². The molecule has 0 N–H and O–H groups in total. The van der Waals surface area contributed by atoms with Crippen LogP contribution in [0.4, 0.5) is 0 Å². The van der Waals surface area contributed by atoms with E-state index < -0.39 is 11.0 Å². The lowest BCUT2D eigenvalue weighted by Crippen LogP contribution is -2.40. The van der Waals surface area contributed by atoms with Crippen molar-refractivity contribution in [3.63, 3.8) is 0 Å². The fourth-order valence-electron chi connectivity index (χ4n) is 2.21. The third-order valence-corrected chi connectivity index (χ3v) is 3.12. The smallest absolute Gasteiger partial charge is 0.321 e. The summed E-state index contributed by atoms with van der Waals surface area (Å²) in [5, 5.41) is 0. The number of carbonyl (C=O) groups excluding carboxylic acids is 1. The zero-order chi connectivity index (χ0) is 13.9. The van der Waals surface area contributed by atoms with Crippen LogP contribution in [0.2, 0.25) is 0 Å². The van der Waals surface area contributed by atoms with E-state index in [4.69, 9.17) is 4.74 Å². The lowest BCUT2D eigenvalue weighted by atomic mass is 9.75. The zero-order valence-corrected chi connectivity index (χ0v) is 11.7. The van der Waals surface area contributed by atoms with Crippen molar-refractivity contribution in [2.45, 2.75) is 38.2 Å². The lowest BCUT2D eigenvalue weighted by molar-refractivity contribution is -0.160. The van der Waals surface area contributed by atoms with Crippen molar-refractivity contribution in [1.29, 1.82) is 0 Å². The van der Waals surface area contributed by atoms with Gasteiger partial charge in [-0.2, -0.15) is 0 Å². The molecule has 1 atom stereocenters. The first-order valence-corrected chi connectivity index (χ1v) is 6.57. The molecular weight excluding hydrogens is 236 g/mol. The van der Waals surface area contributed by atoms with Gasteiger partial charge in [0.1, 0.15) is 11.0 Å². The number of carbonyl (C=O) groups is 1. The molecule has 1 aliphatic rings.